The SMILES string of the molecule is CNCC1CCN(C(=O)c2cccc(NC(=O)c3ccco3)c2)C1. The first kappa shape index (κ1) is 16.3. The number of amides is 2. The molecule has 2 amide bonds. The minimum Gasteiger partial charge on any atom is -0.459 e. The van der Waals surface area contributed by atoms with E-state index in [0.717, 1.165) is 26.1 Å². The van der Waals surface area contributed by atoms with E-state index in [-0.39, 0.29) is 17.6 Å². The maximum atomic E-state index is 12.6. The van der Waals surface area contributed by atoms with Gasteiger partial charge in [0, 0.05) is 24.3 Å². The Balaban J connectivity index is 1.67. The zero-order valence-electron chi connectivity index (χ0n) is 13.6. The average Bonchev–Trinajstić information content (AvgIpc) is 3.26. The molecule has 1 saturated heterocycles. The number of nitrogens with zero attached hydrogens (tertiary/aromatic N) is 1. The molecule has 3 rings (SSSR count). The van der Waals surface area contributed by atoms with Gasteiger partial charge in [0.15, 0.2) is 5.76 Å². The fourth-order valence-electron chi connectivity index (χ4n) is 2.99. The monoisotopic (exact) mass is 327 g/mol. The van der Waals surface area contributed by atoms with Gasteiger partial charge in [0.25, 0.3) is 11.8 Å². The quantitative estimate of drug-likeness (QED) is 0.883. The van der Waals surface area contributed by atoms with Crippen LogP contribution in [0.5, 0.6) is 0 Å². The zero-order valence-corrected chi connectivity index (χ0v) is 13.6. The summed E-state index contributed by atoms with van der Waals surface area (Å²) in [6, 6.07) is 10.3. The number of hydrogen-bond donors (Lipinski definition) is 2. The van der Waals surface area contributed by atoms with E-state index in [2.05, 4.69) is 10.6 Å². The molecule has 2 heterocycles. The van der Waals surface area contributed by atoms with Crippen molar-refractivity contribution >= 4 is 17.5 Å². The molecular weight excluding hydrogens is 306 g/mol. The van der Waals surface area contributed by atoms with E-state index < -0.39 is 0 Å². The molecule has 1 aromatic heterocycles. The predicted octanol–water partition coefficient (Wildman–Crippen LogP) is 2.21. The Morgan fingerprint density at radius 1 is 1.29 bits per heavy atom. The Bertz CT molecular complexity index is 712. The molecule has 126 valence electrons. The van der Waals surface area contributed by atoms with Gasteiger partial charge in [0.05, 0.1) is 6.26 Å². The van der Waals surface area contributed by atoms with Crippen LogP contribution in [0.1, 0.15) is 27.3 Å². The van der Waals surface area contributed by atoms with E-state index in [1.54, 1.807) is 36.4 Å². The van der Waals surface area contributed by atoms with Crippen molar-refractivity contribution in [1.82, 2.24) is 10.2 Å². The second kappa shape index (κ2) is 7.31. The van der Waals surface area contributed by atoms with Gasteiger partial charge >= 0.3 is 0 Å². The number of anilines is 1. The van der Waals surface area contributed by atoms with Crippen LogP contribution in [0.25, 0.3) is 0 Å². The number of furan rings is 1. The average molecular weight is 327 g/mol. The molecule has 2 N–H and O–H groups in total. The van der Waals surface area contributed by atoms with Crippen LogP contribution in [0.3, 0.4) is 0 Å². The lowest BCUT2D eigenvalue weighted by molar-refractivity contribution is 0.0787. The Labute approximate surface area is 140 Å². The largest absolute Gasteiger partial charge is 0.459 e. The third-order valence-corrected chi connectivity index (χ3v) is 4.18. The van der Waals surface area contributed by atoms with Crippen molar-refractivity contribution in [3.63, 3.8) is 0 Å². The minimum atomic E-state index is -0.333. The standard InChI is InChI=1S/C18H21N3O3/c1-19-11-13-7-8-21(12-13)18(23)14-4-2-5-15(10-14)20-17(22)16-6-3-9-24-16/h2-6,9-10,13,19H,7-8,11-12H2,1H3,(H,20,22). The predicted molar refractivity (Wildman–Crippen MR) is 91.0 cm³/mol. The molecule has 0 bridgehead atoms. The van der Waals surface area contributed by atoms with Crippen LogP contribution >= 0.6 is 0 Å². The van der Waals surface area contributed by atoms with E-state index in [4.69, 9.17) is 4.42 Å². The Hall–Kier alpha value is -2.60. The van der Waals surface area contributed by atoms with Crippen LogP contribution in [0.4, 0.5) is 5.69 Å². The highest BCUT2D eigenvalue weighted by Gasteiger charge is 2.26. The maximum Gasteiger partial charge on any atom is 0.291 e. The first-order valence-corrected chi connectivity index (χ1v) is 8.06. The van der Waals surface area contributed by atoms with Gasteiger partial charge in [-0.25, -0.2) is 0 Å². The lowest BCUT2D eigenvalue weighted by atomic mass is 10.1. The highest BCUT2D eigenvalue weighted by molar-refractivity contribution is 6.03. The first-order chi connectivity index (χ1) is 11.7. The summed E-state index contributed by atoms with van der Waals surface area (Å²) in [4.78, 5) is 26.5. The van der Waals surface area contributed by atoms with Crippen molar-refractivity contribution in [1.29, 1.82) is 0 Å². The molecule has 24 heavy (non-hydrogen) atoms. The molecule has 1 aromatic carbocycles. The highest BCUT2D eigenvalue weighted by Crippen LogP contribution is 2.20. The molecular formula is C18H21N3O3. The number of carbonyl (C=O) groups excluding carboxylic acids is 2. The summed E-state index contributed by atoms with van der Waals surface area (Å²) in [5.41, 5.74) is 1.16. The van der Waals surface area contributed by atoms with Gasteiger partial charge < -0.3 is 20.0 Å². The highest BCUT2D eigenvalue weighted by atomic mass is 16.3. The van der Waals surface area contributed by atoms with Crippen LogP contribution in [0, 0.1) is 5.92 Å². The summed E-state index contributed by atoms with van der Waals surface area (Å²) in [6.07, 6.45) is 2.46. The topological polar surface area (TPSA) is 74.6 Å². The lowest BCUT2D eigenvalue weighted by Crippen LogP contribution is -2.30. The van der Waals surface area contributed by atoms with E-state index in [0.29, 0.717) is 17.2 Å². The fourth-order valence-corrected chi connectivity index (χ4v) is 2.99. The molecule has 0 spiro atoms. The third-order valence-electron chi connectivity index (χ3n) is 4.18. The van der Waals surface area contributed by atoms with Gasteiger partial charge in [0.1, 0.15) is 0 Å². The number of hydrogen-bond acceptors (Lipinski definition) is 4. The number of likely N-dealkylation sites (tertiary alicyclic amines) is 1. The molecule has 0 aliphatic carbocycles. The second-order valence-corrected chi connectivity index (χ2v) is 5.98. The van der Waals surface area contributed by atoms with Crippen LogP contribution < -0.4 is 10.6 Å². The van der Waals surface area contributed by atoms with Gasteiger partial charge in [-0.15, -0.1) is 0 Å². The van der Waals surface area contributed by atoms with Crippen molar-refractivity contribution in [3.05, 3.63) is 54.0 Å². The molecule has 1 atom stereocenters. The van der Waals surface area contributed by atoms with Crippen molar-refractivity contribution in [2.75, 3.05) is 32.0 Å². The van der Waals surface area contributed by atoms with E-state index in [1.165, 1.54) is 6.26 Å². The molecule has 1 aliphatic rings. The van der Waals surface area contributed by atoms with Crippen LogP contribution in [0.15, 0.2) is 47.1 Å². The van der Waals surface area contributed by atoms with Gasteiger partial charge in [0.2, 0.25) is 0 Å². The summed E-state index contributed by atoms with van der Waals surface area (Å²) >= 11 is 0. The summed E-state index contributed by atoms with van der Waals surface area (Å²) in [6.45, 7) is 2.46. The normalized spacial score (nSPS) is 17.0. The zero-order chi connectivity index (χ0) is 16.9. The summed E-state index contributed by atoms with van der Waals surface area (Å²) in [7, 11) is 1.93. The van der Waals surface area contributed by atoms with Gasteiger partial charge in [-0.3, -0.25) is 9.59 Å². The summed E-state index contributed by atoms with van der Waals surface area (Å²) in [5, 5.41) is 5.90. The van der Waals surface area contributed by atoms with Crippen LogP contribution in [-0.2, 0) is 0 Å². The molecule has 1 unspecified atom stereocenters. The number of benzene rings is 1. The Kier molecular flexibility index (Phi) is 4.96. The molecule has 6 nitrogen and oxygen atoms in total. The Morgan fingerprint density at radius 2 is 2.17 bits per heavy atom. The van der Waals surface area contributed by atoms with Crippen molar-refractivity contribution < 1.29 is 14.0 Å². The van der Waals surface area contributed by atoms with Crippen molar-refractivity contribution in [3.8, 4) is 0 Å². The van der Waals surface area contributed by atoms with Gasteiger partial charge in [-0.2, -0.15) is 0 Å². The number of rotatable bonds is 5. The number of carbonyl (C=O) groups is 2. The molecule has 1 aliphatic heterocycles. The smallest absolute Gasteiger partial charge is 0.291 e. The van der Waals surface area contributed by atoms with E-state index in [1.807, 2.05) is 11.9 Å². The number of nitrogens with one attached hydrogen (secondary N) is 2. The van der Waals surface area contributed by atoms with Gasteiger partial charge in [-0.05, 0) is 56.3 Å². The summed E-state index contributed by atoms with van der Waals surface area (Å²) in [5.74, 6) is 0.407. The van der Waals surface area contributed by atoms with Crippen LogP contribution in [0.2, 0.25) is 0 Å². The first-order valence-electron chi connectivity index (χ1n) is 8.06. The van der Waals surface area contributed by atoms with E-state index >= 15 is 0 Å². The molecule has 0 saturated carbocycles. The second-order valence-electron chi connectivity index (χ2n) is 5.98. The third kappa shape index (κ3) is 3.65. The van der Waals surface area contributed by atoms with Crippen molar-refractivity contribution in [2.24, 2.45) is 5.92 Å². The minimum absolute atomic E-state index is 0.00250. The maximum absolute atomic E-state index is 12.6. The fraction of sp³-hybridized carbons (Fsp3) is 0.333. The van der Waals surface area contributed by atoms with Gasteiger partial charge in [-0.1, -0.05) is 6.07 Å². The van der Waals surface area contributed by atoms with Crippen molar-refractivity contribution in [2.45, 2.75) is 6.42 Å². The summed E-state index contributed by atoms with van der Waals surface area (Å²) < 4.78 is 5.07. The van der Waals surface area contributed by atoms with E-state index in [9.17, 15) is 9.59 Å². The molecule has 6 heteroatoms. The Morgan fingerprint density at radius 3 is 2.92 bits per heavy atom. The lowest BCUT2D eigenvalue weighted by Gasteiger charge is -2.17. The molecule has 2 aromatic rings. The molecule has 1 fully saturated rings. The molecule has 0 radical (unpaired) electrons. The van der Waals surface area contributed by atoms with Crippen LogP contribution in [-0.4, -0.2) is 43.4 Å².